The summed E-state index contributed by atoms with van der Waals surface area (Å²) in [7, 11) is 0. The van der Waals surface area contributed by atoms with Crippen molar-refractivity contribution in [1.29, 1.82) is 0 Å². The first kappa shape index (κ1) is 21.8. The van der Waals surface area contributed by atoms with Crippen LogP contribution in [0.1, 0.15) is 39.0 Å². The van der Waals surface area contributed by atoms with Gasteiger partial charge in [-0.1, -0.05) is 12.1 Å². The molecule has 0 unspecified atom stereocenters. The zero-order valence-corrected chi connectivity index (χ0v) is 19.4. The van der Waals surface area contributed by atoms with E-state index in [9.17, 15) is 9.59 Å². The van der Waals surface area contributed by atoms with Crippen LogP contribution in [0.25, 0.3) is 0 Å². The third-order valence-corrected chi connectivity index (χ3v) is 7.11. The average Bonchev–Trinajstić information content (AvgIpc) is 3.48. The van der Waals surface area contributed by atoms with Crippen molar-refractivity contribution in [2.24, 2.45) is 5.92 Å². The van der Waals surface area contributed by atoms with Gasteiger partial charge in [0.25, 0.3) is 5.91 Å². The number of carbonyl (C=O) groups is 2. The lowest BCUT2D eigenvalue weighted by molar-refractivity contribution is -0.136. The van der Waals surface area contributed by atoms with Crippen LogP contribution < -0.4 is 14.8 Å². The number of amides is 2. The van der Waals surface area contributed by atoms with E-state index < -0.39 is 0 Å². The molecule has 2 aromatic rings. The van der Waals surface area contributed by atoms with Crippen LogP contribution in [0.4, 0.5) is 0 Å². The van der Waals surface area contributed by atoms with Crippen LogP contribution >= 0.6 is 0 Å². The van der Waals surface area contributed by atoms with Crippen LogP contribution in [-0.4, -0.2) is 61.1 Å². The zero-order chi connectivity index (χ0) is 22.9. The monoisotopic (exact) mass is 449 g/mol. The van der Waals surface area contributed by atoms with E-state index in [0.717, 1.165) is 45.6 Å². The number of rotatable bonds is 5. The molecule has 1 atom stereocenters. The summed E-state index contributed by atoms with van der Waals surface area (Å²) in [5.74, 6) is 1.46. The van der Waals surface area contributed by atoms with Gasteiger partial charge in [-0.15, -0.1) is 0 Å². The molecule has 7 heteroatoms. The topological polar surface area (TPSA) is 71.1 Å². The highest BCUT2D eigenvalue weighted by Gasteiger charge is 2.32. The van der Waals surface area contributed by atoms with Crippen molar-refractivity contribution in [3.63, 3.8) is 0 Å². The van der Waals surface area contributed by atoms with Gasteiger partial charge in [-0.2, -0.15) is 0 Å². The minimum absolute atomic E-state index is 0.0441. The number of nitrogens with zero attached hydrogens (tertiary/aromatic N) is 2. The summed E-state index contributed by atoms with van der Waals surface area (Å²) in [6.07, 6.45) is 1.82. The summed E-state index contributed by atoms with van der Waals surface area (Å²) in [6, 6.07) is 9.74. The van der Waals surface area contributed by atoms with Crippen molar-refractivity contribution in [2.45, 2.75) is 33.2 Å². The van der Waals surface area contributed by atoms with Crippen molar-refractivity contribution in [3.8, 4) is 11.5 Å². The van der Waals surface area contributed by atoms with Gasteiger partial charge in [0.05, 0.1) is 5.92 Å². The second kappa shape index (κ2) is 9.06. The van der Waals surface area contributed by atoms with Crippen molar-refractivity contribution in [3.05, 3.63) is 58.1 Å². The molecule has 0 saturated carbocycles. The maximum Gasteiger partial charge on any atom is 0.251 e. The molecule has 0 aromatic heterocycles. The van der Waals surface area contributed by atoms with Gasteiger partial charge in [0.2, 0.25) is 12.7 Å². The van der Waals surface area contributed by atoms with Crippen LogP contribution in [-0.2, 0) is 17.8 Å². The summed E-state index contributed by atoms with van der Waals surface area (Å²) in [5, 5.41) is 2.97. The SMILES string of the molecule is Cc1cc2c(cc1C)CN(C(=O)[C@H]1CCN(CCNC(=O)c3ccc4c(c3)OCO4)C1)CC2. The quantitative estimate of drug-likeness (QED) is 0.760. The Morgan fingerprint density at radius 2 is 1.82 bits per heavy atom. The first-order valence-corrected chi connectivity index (χ1v) is 11.8. The second-order valence-corrected chi connectivity index (χ2v) is 9.33. The van der Waals surface area contributed by atoms with Gasteiger partial charge in [-0.3, -0.25) is 9.59 Å². The minimum atomic E-state index is -0.127. The molecule has 0 bridgehead atoms. The fourth-order valence-corrected chi connectivity index (χ4v) is 5.01. The Kier molecular flexibility index (Phi) is 5.98. The Morgan fingerprint density at radius 3 is 2.67 bits per heavy atom. The molecular formula is C26H31N3O4. The third kappa shape index (κ3) is 4.55. The Labute approximate surface area is 194 Å². The molecule has 1 fully saturated rings. The summed E-state index contributed by atoms with van der Waals surface area (Å²) in [4.78, 5) is 29.9. The Hall–Kier alpha value is -3.06. The van der Waals surface area contributed by atoms with Crippen LogP contribution in [0.15, 0.2) is 30.3 Å². The smallest absolute Gasteiger partial charge is 0.251 e. The molecule has 3 aliphatic heterocycles. The van der Waals surface area contributed by atoms with E-state index in [4.69, 9.17) is 9.47 Å². The number of carbonyl (C=O) groups excluding carboxylic acids is 2. The van der Waals surface area contributed by atoms with Crippen molar-refractivity contribution in [2.75, 3.05) is 39.5 Å². The molecule has 174 valence electrons. The van der Waals surface area contributed by atoms with Crippen molar-refractivity contribution in [1.82, 2.24) is 15.1 Å². The standard InChI is InChI=1S/C26H31N3O4/c1-17-11-19-6-9-29(15-22(19)12-18(17)2)26(31)21-5-8-28(14-21)10-7-27-25(30)20-3-4-23-24(13-20)33-16-32-23/h3-4,11-13,21H,5-10,14-16H2,1-2H3,(H,27,30)/t21-/m0/s1. The molecule has 0 radical (unpaired) electrons. The van der Waals surface area contributed by atoms with E-state index in [1.54, 1.807) is 18.2 Å². The minimum Gasteiger partial charge on any atom is -0.454 e. The van der Waals surface area contributed by atoms with Crippen LogP contribution in [0.2, 0.25) is 0 Å². The predicted octanol–water partition coefficient (Wildman–Crippen LogP) is 2.67. The second-order valence-electron chi connectivity index (χ2n) is 9.33. The molecule has 2 amide bonds. The molecule has 33 heavy (non-hydrogen) atoms. The first-order valence-electron chi connectivity index (χ1n) is 11.8. The molecule has 7 nitrogen and oxygen atoms in total. The summed E-state index contributed by atoms with van der Waals surface area (Å²) in [6.45, 7) is 8.93. The van der Waals surface area contributed by atoms with Crippen molar-refractivity contribution >= 4 is 11.8 Å². The summed E-state index contributed by atoms with van der Waals surface area (Å²) in [5.41, 5.74) is 5.85. The molecule has 0 spiro atoms. The van der Waals surface area contributed by atoms with Gasteiger partial charge >= 0.3 is 0 Å². The molecule has 2 aromatic carbocycles. The first-order chi connectivity index (χ1) is 16.0. The number of benzene rings is 2. The fourth-order valence-electron chi connectivity index (χ4n) is 5.01. The lowest BCUT2D eigenvalue weighted by Gasteiger charge is -2.31. The average molecular weight is 450 g/mol. The van der Waals surface area contributed by atoms with Gasteiger partial charge in [-0.05, 0) is 73.7 Å². The highest BCUT2D eigenvalue weighted by atomic mass is 16.7. The molecule has 3 heterocycles. The molecule has 0 aliphatic carbocycles. The summed E-state index contributed by atoms with van der Waals surface area (Å²) >= 11 is 0. The Bertz CT molecular complexity index is 1080. The maximum atomic E-state index is 13.2. The molecule has 1 N–H and O–H groups in total. The summed E-state index contributed by atoms with van der Waals surface area (Å²) < 4.78 is 10.6. The van der Waals surface area contributed by atoms with E-state index in [0.29, 0.717) is 23.6 Å². The van der Waals surface area contributed by atoms with E-state index in [2.05, 4.69) is 36.2 Å². The molecular weight excluding hydrogens is 418 g/mol. The normalized spacial score (nSPS) is 19.5. The van der Waals surface area contributed by atoms with E-state index in [1.807, 2.05) is 4.90 Å². The Balaban J connectivity index is 1.09. The predicted molar refractivity (Wildman–Crippen MR) is 124 cm³/mol. The fraction of sp³-hybridized carbons (Fsp3) is 0.462. The molecule has 3 aliphatic rings. The zero-order valence-electron chi connectivity index (χ0n) is 19.4. The van der Waals surface area contributed by atoms with Crippen molar-refractivity contribution < 1.29 is 19.1 Å². The molecule has 1 saturated heterocycles. The number of likely N-dealkylation sites (tertiary alicyclic amines) is 1. The Morgan fingerprint density at radius 1 is 1.03 bits per heavy atom. The third-order valence-electron chi connectivity index (χ3n) is 7.11. The lowest BCUT2D eigenvalue weighted by Crippen LogP contribution is -2.41. The highest BCUT2D eigenvalue weighted by Crippen LogP contribution is 2.32. The van der Waals surface area contributed by atoms with Gasteiger partial charge < -0.3 is 24.6 Å². The largest absolute Gasteiger partial charge is 0.454 e. The van der Waals surface area contributed by atoms with Gasteiger partial charge in [-0.25, -0.2) is 0 Å². The number of hydrogen-bond acceptors (Lipinski definition) is 5. The number of hydrogen-bond donors (Lipinski definition) is 1. The van der Waals surface area contributed by atoms with E-state index in [1.165, 1.54) is 22.3 Å². The van der Waals surface area contributed by atoms with Crippen LogP contribution in [0.3, 0.4) is 0 Å². The van der Waals surface area contributed by atoms with Gasteiger partial charge in [0.1, 0.15) is 0 Å². The lowest BCUT2D eigenvalue weighted by atomic mass is 9.94. The highest BCUT2D eigenvalue weighted by molar-refractivity contribution is 5.94. The van der Waals surface area contributed by atoms with Gasteiger partial charge in [0, 0.05) is 38.3 Å². The van der Waals surface area contributed by atoms with Crippen LogP contribution in [0, 0.1) is 19.8 Å². The van der Waals surface area contributed by atoms with Gasteiger partial charge in [0.15, 0.2) is 11.5 Å². The van der Waals surface area contributed by atoms with Crippen LogP contribution in [0.5, 0.6) is 11.5 Å². The number of aryl methyl sites for hydroxylation is 2. The number of nitrogens with one attached hydrogen (secondary N) is 1. The van der Waals surface area contributed by atoms with E-state index >= 15 is 0 Å². The number of fused-ring (bicyclic) bond motifs is 2. The number of ether oxygens (including phenoxy) is 2. The van der Waals surface area contributed by atoms with E-state index in [-0.39, 0.29) is 24.5 Å². The maximum absolute atomic E-state index is 13.2. The molecule has 5 rings (SSSR count).